The number of nitrogens with zero attached hydrogens (tertiary/aromatic N) is 2. The molecule has 1 fully saturated rings. The second-order valence-corrected chi connectivity index (χ2v) is 5.25. The maximum absolute atomic E-state index is 12.6. The van der Waals surface area contributed by atoms with Crippen LogP contribution < -0.4 is 0 Å². The van der Waals surface area contributed by atoms with E-state index in [9.17, 15) is 14.7 Å². The Kier molecular flexibility index (Phi) is 5.87. The number of hydrogen-bond donors (Lipinski definition) is 1. The molecule has 0 spiro atoms. The van der Waals surface area contributed by atoms with Crippen molar-refractivity contribution in [1.82, 2.24) is 9.80 Å². The molecule has 0 aromatic heterocycles. The van der Waals surface area contributed by atoms with Gasteiger partial charge in [0.2, 0.25) is 0 Å². The van der Waals surface area contributed by atoms with Gasteiger partial charge in [0, 0.05) is 13.1 Å². The molecule has 1 unspecified atom stereocenters. The number of carboxylic acid groups (broad SMARTS) is 1. The number of rotatable bonds is 6. The van der Waals surface area contributed by atoms with E-state index in [-0.39, 0.29) is 12.6 Å². The Hall–Kier alpha value is -1.70. The van der Waals surface area contributed by atoms with Gasteiger partial charge in [0.1, 0.15) is 5.54 Å². The molecule has 0 bridgehead atoms. The number of amides is 2. The van der Waals surface area contributed by atoms with Crippen LogP contribution in [0, 0.1) is 12.3 Å². The van der Waals surface area contributed by atoms with E-state index >= 15 is 0 Å². The third-order valence-electron chi connectivity index (χ3n) is 3.83. The molecule has 2 amide bonds. The van der Waals surface area contributed by atoms with E-state index in [2.05, 4.69) is 5.92 Å². The summed E-state index contributed by atoms with van der Waals surface area (Å²) in [5, 5.41) is 9.60. The van der Waals surface area contributed by atoms with Crippen LogP contribution in [-0.4, -0.2) is 52.1 Å². The number of urea groups is 1. The largest absolute Gasteiger partial charge is 0.479 e. The molecule has 1 aliphatic heterocycles. The summed E-state index contributed by atoms with van der Waals surface area (Å²) in [5.41, 5.74) is -1.05. The lowest BCUT2D eigenvalue weighted by Crippen LogP contribution is -2.57. The SMILES string of the molecule is C#CCN(CCC)C(=O)N1CCCC1(CCC)C(=O)O. The first-order valence-corrected chi connectivity index (χ1v) is 7.26. The summed E-state index contributed by atoms with van der Waals surface area (Å²) < 4.78 is 0. The van der Waals surface area contributed by atoms with Crippen LogP contribution in [0.1, 0.15) is 46.0 Å². The highest BCUT2D eigenvalue weighted by atomic mass is 16.4. The van der Waals surface area contributed by atoms with E-state index in [4.69, 9.17) is 6.42 Å². The summed E-state index contributed by atoms with van der Waals surface area (Å²) in [4.78, 5) is 27.4. The number of carboxylic acids is 1. The lowest BCUT2D eigenvalue weighted by Gasteiger charge is -2.37. The molecule has 20 heavy (non-hydrogen) atoms. The van der Waals surface area contributed by atoms with Crippen molar-refractivity contribution in [2.45, 2.75) is 51.5 Å². The normalized spacial score (nSPS) is 21.6. The molecule has 1 atom stereocenters. The Morgan fingerprint density at radius 3 is 2.60 bits per heavy atom. The molecule has 1 heterocycles. The quantitative estimate of drug-likeness (QED) is 0.759. The van der Waals surface area contributed by atoms with Gasteiger partial charge in [-0.1, -0.05) is 26.2 Å². The molecule has 0 aromatic carbocycles. The van der Waals surface area contributed by atoms with Gasteiger partial charge in [0.25, 0.3) is 0 Å². The van der Waals surface area contributed by atoms with Crippen LogP contribution >= 0.6 is 0 Å². The average Bonchev–Trinajstić information content (AvgIpc) is 2.83. The van der Waals surface area contributed by atoms with Gasteiger partial charge in [-0.15, -0.1) is 6.42 Å². The fraction of sp³-hybridized carbons (Fsp3) is 0.733. The van der Waals surface area contributed by atoms with Crippen molar-refractivity contribution >= 4 is 12.0 Å². The molecule has 0 saturated carbocycles. The standard InChI is InChI=1S/C15H24N2O3/c1-4-8-15(13(18)19)9-7-12-17(15)14(20)16(10-5-2)11-6-3/h2H,4,6-12H2,1,3H3,(H,18,19). The molecule has 1 aliphatic rings. The van der Waals surface area contributed by atoms with Crippen LogP contribution in [0.25, 0.3) is 0 Å². The lowest BCUT2D eigenvalue weighted by atomic mass is 9.91. The zero-order valence-corrected chi connectivity index (χ0v) is 12.4. The summed E-state index contributed by atoms with van der Waals surface area (Å²) in [6, 6.07) is -0.238. The first-order chi connectivity index (χ1) is 9.53. The molecule has 0 aromatic rings. The summed E-state index contributed by atoms with van der Waals surface area (Å²) >= 11 is 0. The van der Waals surface area contributed by atoms with Gasteiger partial charge in [0.15, 0.2) is 0 Å². The van der Waals surface area contributed by atoms with Crippen LogP contribution in [0.15, 0.2) is 0 Å². The lowest BCUT2D eigenvalue weighted by molar-refractivity contribution is -0.148. The van der Waals surface area contributed by atoms with Gasteiger partial charge in [-0.05, 0) is 25.7 Å². The highest BCUT2D eigenvalue weighted by Crippen LogP contribution is 2.34. The predicted molar refractivity (Wildman–Crippen MR) is 77.3 cm³/mol. The predicted octanol–water partition coefficient (Wildman–Crippen LogP) is 2.17. The molecular formula is C15H24N2O3. The molecule has 0 radical (unpaired) electrons. The molecule has 5 nitrogen and oxygen atoms in total. The van der Waals surface area contributed by atoms with E-state index in [1.807, 2.05) is 13.8 Å². The van der Waals surface area contributed by atoms with Crippen molar-refractivity contribution < 1.29 is 14.7 Å². The maximum Gasteiger partial charge on any atom is 0.329 e. The van der Waals surface area contributed by atoms with Crippen molar-refractivity contribution in [2.75, 3.05) is 19.6 Å². The Bertz CT molecular complexity index is 402. The van der Waals surface area contributed by atoms with E-state index in [1.54, 1.807) is 4.90 Å². The van der Waals surface area contributed by atoms with Crippen LogP contribution in [0.5, 0.6) is 0 Å². The zero-order chi connectivity index (χ0) is 15.2. The number of aliphatic carboxylic acids is 1. The average molecular weight is 280 g/mol. The van der Waals surface area contributed by atoms with E-state index in [0.29, 0.717) is 25.9 Å². The molecule has 0 aliphatic carbocycles. The summed E-state index contributed by atoms with van der Waals surface area (Å²) in [6.07, 6.45) is 8.59. The van der Waals surface area contributed by atoms with Crippen LogP contribution in [0.2, 0.25) is 0 Å². The van der Waals surface area contributed by atoms with Crippen molar-refractivity contribution in [3.05, 3.63) is 0 Å². The van der Waals surface area contributed by atoms with Crippen LogP contribution in [0.4, 0.5) is 4.79 Å². The van der Waals surface area contributed by atoms with Gasteiger partial charge in [0.05, 0.1) is 6.54 Å². The minimum Gasteiger partial charge on any atom is -0.479 e. The van der Waals surface area contributed by atoms with Gasteiger partial charge < -0.3 is 14.9 Å². The van der Waals surface area contributed by atoms with Crippen molar-refractivity contribution in [3.63, 3.8) is 0 Å². The van der Waals surface area contributed by atoms with E-state index < -0.39 is 11.5 Å². The Morgan fingerprint density at radius 1 is 1.40 bits per heavy atom. The maximum atomic E-state index is 12.6. The highest BCUT2D eigenvalue weighted by molar-refractivity contribution is 5.87. The number of hydrogen-bond acceptors (Lipinski definition) is 2. The van der Waals surface area contributed by atoms with Gasteiger partial charge >= 0.3 is 12.0 Å². The molecule has 1 saturated heterocycles. The molecule has 112 valence electrons. The monoisotopic (exact) mass is 280 g/mol. The van der Waals surface area contributed by atoms with Gasteiger partial charge in [-0.2, -0.15) is 0 Å². The molecular weight excluding hydrogens is 256 g/mol. The third kappa shape index (κ3) is 3.06. The number of terminal acetylenes is 1. The Balaban J connectivity index is 2.99. The van der Waals surface area contributed by atoms with E-state index in [1.165, 1.54) is 4.90 Å². The van der Waals surface area contributed by atoms with E-state index in [0.717, 1.165) is 19.3 Å². The Labute approximate surface area is 120 Å². The molecule has 1 N–H and O–H groups in total. The number of carbonyl (C=O) groups is 2. The number of likely N-dealkylation sites (tertiary alicyclic amines) is 1. The first kappa shape index (κ1) is 16.4. The Morgan fingerprint density at radius 2 is 2.10 bits per heavy atom. The minimum absolute atomic E-state index is 0.227. The van der Waals surface area contributed by atoms with Crippen LogP contribution in [-0.2, 0) is 4.79 Å². The second kappa shape index (κ2) is 7.18. The summed E-state index contributed by atoms with van der Waals surface area (Å²) in [7, 11) is 0. The smallest absolute Gasteiger partial charge is 0.329 e. The van der Waals surface area contributed by atoms with Crippen LogP contribution in [0.3, 0.4) is 0 Å². The highest BCUT2D eigenvalue weighted by Gasteiger charge is 2.50. The van der Waals surface area contributed by atoms with Gasteiger partial charge in [-0.25, -0.2) is 9.59 Å². The summed E-state index contributed by atoms with van der Waals surface area (Å²) in [5.74, 6) is 1.58. The van der Waals surface area contributed by atoms with Crippen molar-refractivity contribution in [2.24, 2.45) is 0 Å². The zero-order valence-electron chi connectivity index (χ0n) is 12.4. The van der Waals surface area contributed by atoms with Crippen molar-refractivity contribution in [3.8, 4) is 12.3 Å². The molecule has 5 heteroatoms. The van der Waals surface area contributed by atoms with Crippen molar-refractivity contribution in [1.29, 1.82) is 0 Å². The molecule has 1 rings (SSSR count). The second-order valence-electron chi connectivity index (χ2n) is 5.25. The topological polar surface area (TPSA) is 60.9 Å². The first-order valence-electron chi connectivity index (χ1n) is 7.26. The summed E-state index contributed by atoms with van der Waals surface area (Å²) in [6.45, 7) is 5.19. The fourth-order valence-electron chi connectivity index (χ4n) is 2.95. The number of carbonyl (C=O) groups excluding carboxylic acids is 1. The third-order valence-corrected chi connectivity index (χ3v) is 3.83. The van der Waals surface area contributed by atoms with Gasteiger partial charge in [-0.3, -0.25) is 0 Å². The minimum atomic E-state index is -1.05. The fourth-order valence-corrected chi connectivity index (χ4v) is 2.95.